The van der Waals surface area contributed by atoms with Gasteiger partial charge in [0.25, 0.3) is 0 Å². The summed E-state index contributed by atoms with van der Waals surface area (Å²) in [5.41, 5.74) is -0.920. The Labute approximate surface area is 118 Å². The lowest BCUT2D eigenvalue weighted by Gasteiger charge is -2.32. The maximum atomic E-state index is 12.2. The molecule has 0 radical (unpaired) electrons. The van der Waals surface area contributed by atoms with Gasteiger partial charge in [0.15, 0.2) is 0 Å². The first kappa shape index (κ1) is 15.3. The van der Waals surface area contributed by atoms with Crippen LogP contribution in [0.25, 0.3) is 0 Å². The quantitative estimate of drug-likeness (QED) is 0.694. The minimum Gasteiger partial charge on any atom is -0.481 e. The molecule has 2 rings (SSSR count). The largest absolute Gasteiger partial charge is 0.481 e. The van der Waals surface area contributed by atoms with Crippen molar-refractivity contribution < 1.29 is 24.5 Å². The Morgan fingerprint density at radius 2 is 1.85 bits per heavy atom. The van der Waals surface area contributed by atoms with Crippen molar-refractivity contribution in [2.75, 3.05) is 19.8 Å². The van der Waals surface area contributed by atoms with Gasteiger partial charge in [-0.25, -0.2) is 0 Å². The number of carboxylic acid groups (broad SMARTS) is 1. The molecule has 1 heterocycles. The Kier molecular flexibility index (Phi) is 4.65. The molecule has 1 aliphatic heterocycles. The monoisotopic (exact) mass is 285 g/mol. The fourth-order valence-electron chi connectivity index (χ4n) is 3.17. The molecular formula is C14H23NO5. The van der Waals surface area contributed by atoms with Crippen molar-refractivity contribution in [1.29, 1.82) is 0 Å². The van der Waals surface area contributed by atoms with Gasteiger partial charge in [-0.3, -0.25) is 9.59 Å². The Morgan fingerprint density at radius 1 is 1.25 bits per heavy atom. The number of aliphatic hydroxyl groups is 1. The highest BCUT2D eigenvalue weighted by Crippen LogP contribution is 2.36. The number of carbonyl (C=O) groups is 2. The highest BCUT2D eigenvalue weighted by atomic mass is 16.5. The van der Waals surface area contributed by atoms with Gasteiger partial charge in [-0.1, -0.05) is 6.92 Å². The van der Waals surface area contributed by atoms with Gasteiger partial charge in [-0.05, 0) is 18.8 Å². The second kappa shape index (κ2) is 6.10. The number of ether oxygens (including phenoxy) is 1. The zero-order chi connectivity index (χ0) is 14.8. The van der Waals surface area contributed by atoms with Gasteiger partial charge in [0, 0.05) is 32.6 Å². The fraction of sp³-hybridized carbons (Fsp3) is 0.857. The van der Waals surface area contributed by atoms with Crippen LogP contribution in [0.4, 0.5) is 0 Å². The number of carbonyl (C=O) groups excluding carboxylic acids is 1. The highest BCUT2D eigenvalue weighted by molar-refractivity contribution is 5.85. The molecule has 6 heteroatoms. The first-order valence-electron chi connectivity index (χ1n) is 7.22. The Hall–Kier alpha value is -1.14. The standard InChI is InChI=1S/C14H23NO5/c1-9-6-10(11(7-9)13(17)18)12(16)15-8-14(19)2-4-20-5-3-14/h9-11,19H,2-8H2,1H3,(H,15,16)(H,17,18). The van der Waals surface area contributed by atoms with E-state index in [1.165, 1.54) is 0 Å². The molecule has 3 unspecified atom stereocenters. The summed E-state index contributed by atoms with van der Waals surface area (Å²) in [4.78, 5) is 23.4. The molecule has 0 aromatic rings. The summed E-state index contributed by atoms with van der Waals surface area (Å²) in [7, 11) is 0. The number of aliphatic carboxylic acids is 1. The molecule has 1 saturated heterocycles. The van der Waals surface area contributed by atoms with E-state index in [0.717, 1.165) is 0 Å². The van der Waals surface area contributed by atoms with Crippen molar-refractivity contribution in [3.05, 3.63) is 0 Å². The van der Waals surface area contributed by atoms with Crippen LogP contribution in [0, 0.1) is 17.8 Å². The molecule has 20 heavy (non-hydrogen) atoms. The third-order valence-electron chi connectivity index (χ3n) is 4.47. The van der Waals surface area contributed by atoms with Crippen molar-refractivity contribution in [3.63, 3.8) is 0 Å². The van der Waals surface area contributed by atoms with E-state index in [2.05, 4.69) is 5.32 Å². The van der Waals surface area contributed by atoms with Crippen molar-refractivity contribution >= 4 is 11.9 Å². The molecule has 2 aliphatic rings. The van der Waals surface area contributed by atoms with Crippen molar-refractivity contribution in [1.82, 2.24) is 5.32 Å². The summed E-state index contributed by atoms with van der Waals surface area (Å²) in [6.45, 7) is 3.12. The van der Waals surface area contributed by atoms with Crippen molar-refractivity contribution in [2.45, 2.75) is 38.2 Å². The van der Waals surface area contributed by atoms with E-state index >= 15 is 0 Å². The van der Waals surface area contributed by atoms with Gasteiger partial charge in [-0.15, -0.1) is 0 Å². The van der Waals surface area contributed by atoms with Crippen LogP contribution in [-0.2, 0) is 14.3 Å². The van der Waals surface area contributed by atoms with Crippen molar-refractivity contribution in [3.8, 4) is 0 Å². The highest BCUT2D eigenvalue weighted by Gasteiger charge is 2.41. The second-order valence-electron chi connectivity index (χ2n) is 6.18. The number of carboxylic acids is 1. The second-order valence-corrected chi connectivity index (χ2v) is 6.18. The summed E-state index contributed by atoms with van der Waals surface area (Å²) in [6, 6.07) is 0. The summed E-state index contributed by atoms with van der Waals surface area (Å²) in [6.07, 6.45) is 2.14. The number of rotatable bonds is 4. The van der Waals surface area contributed by atoms with Gasteiger partial charge in [0.2, 0.25) is 5.91 Å². The van der Waals surface area contributed by atoms with Crippen LogP contribution in [0.3, 0.4) is 0 Å². The minimum atomic E-state index is -0.920. The van der Waals surface area contributed by atoms with E-state index in [9.17, 15) is 19.8 Å². The Bertz CT molecular complexity index is 378. The molecule has 1 amide bonds. The van der Waals surface area contributed by atoms with Crippen LogP contribution >= 0.6 is 0 Å². The molecule has 0 spiro atoms. The first-order valence-corrected chi connectivity index (χ1v) is 7.22. The molecular weight excluding hydrogens is 262 g/mol. The van der Waals surface area contributed by atoms with Gasteiger partial charge in [0.1, 0.15) is 0 Å². The number of amides is 1. The van der Waals surface area contributed by atoms with Crippen LogP contribution in [0.2, 0.25) is 0 Å². The van der Waals surface area contributed by atoms with Crippen LogP contribution < -0.4 is 5.32 Å². The smallest absolute Gasteiger partial charge is 0.307 e. The molecule has 0 aromatic heterocycles. The van der Waals surface area contributed by atoms with E-state index in [0.29, 0.717) is 38.9 Å². The number of hydrogen-bond donors (Lipinski definition) is 3. The molecule has 3 atom stereocenters. The summed E-state index contributed by atoms with van der Waals surface area (Å²) >= 11 is 0. The SMILES string of the molecule is CC1CC(C(=O)O)C(C(=O)NCC2(O)CCOCC2)C1. The molecule has 114 valence electrons. The lowest BCUT2D eigenvalue weighted by atomic mass is 9.92. The van der Waals surface area contributed by atoms with Gasteiger partial charge in [-0.2, -0.15) is 0 Å². The predicted molar refractivity (Wildman–Crippen MR) is 71.0 cm³/mol. The average Bonchev–Trinajstić information content (AvgIpc) is 2.79. The van der Waals surface area contributed by atoms with Gasteiger partial charge in [0.05, 0.1) is 17.4 Å². The minimum absolute atomic E-state index is 0.173. The summed E-state index contributed by atoms with van der Waals surface area (Å²) in [5.74, 6) is -1.99. The molecule has 3 N–H and O–H groups in total. The predicted octanol–water partition coefficient (Wildman–Crippen LogP) is 0.391. The third-order valence-corrected chi connectivity index (χ3v) is 4.47. The molecule has 6 nitrogen and oxygen atoms in total. The zero-order valence-electron chi connectivity index (χ0n) is 11.8. The Morgan fingerprint density at radius 3 is 2.45 bits per heavy atom. The summed E-state index contributed by atoms with van der Waals surface area (Å²) < 4.78 is 5.18. The van der Waals surface area contributed by atoms with Crippen LogP contribution in [0.15, 0.2) is 0 Å². The van der Waals surface area contributed by atoms with Gasteiger partial charge < -0.3 is 20.3 Å². The fourth-order valence-corrected chi connectivity index (χ4v) is 3.17. The van der Waals surface area contributed by atoms with E-state index in [-0.39, 0.29) is 18.4 Å². The van der Waals surface area contributed by atoms with Gasteiger partial charge >= 0.3 is 5.97 Å². The molecule has 0 aromatic carbocycles. The van der Waals surface area contributed by atoms with Crippen LogP contribution in [-0.4, -0.2) is 47.4 Å². The molecule has 1 aliphatic carbocycles. The normalized spacial score (nSPS) is 32.8. The molecule has 2 fully saturated rings. The number of hydrogen-bond acceptors (Lipinski definition) is 4. The maximum Gasteiger partial charge on any atom is 0.307 e. The molecule has 0 bridgehead atoms. The van der Waals surface area contributed by atoms with E-state index in [1.54, 1.807) is 0 Å². The molecule has 1 saturated carbocycles. The lowest BCUT2D eigenvalue weighted by Crippen LogP contribution is -2.48. The maximum absolute atomic E-state index is 12.2. The summed E-state index contributed by atoms with van der Waals surface area (Å²) in [5, 5.41) is 22.2. The zero-order valence-corrected chi connectivity index (χ0v) is 11.8. The van der Waals surface area contributed by atoms with Crippen molar-refractivity contribution in [2.24, 2.45) is 17.8 Å². The topological polar surface area (TPSA) is 95.9 Å². The van der Waals surface area contributed by atoms with Crippen LogP contribution in [0.5, 0.6) is 0 Å². The Balaban J connectivity index is 1.89. The van der Waals surface area contributed by atoms with E-state index < -0.39 is 23.4 Å². The average molecular weight is 285 g/mol. The van der Waals surface area contributed by atoms with E-state index in [4.69, 9.17) is 4.74 Å². The van der Waals surface area contributed by atoms with E-state index in [1.807, 2.05) is 6.92 Å². The third kappa shape index (κ3) is 3.49. The lowest BCUT2D eigenvalue weighted by molar-refractivity contribution is -0.146. The first-order chi connectivity index (χ1) is 9.41. The number of nitrogens with one attached hydrogen (secondary N) is 1. The van der Waals surface area contributed by atoms with Crippen LogP contribution in [0.1, 0.15) is 32.6 Å².